The van der Waals surface area contributed by atoms with Crippen molar-refractivity contribution in [2.75, 3.05) is 5.32 Å². The number of nitrogens with one attached hydrogen (secondary N) is 2. The van der Waals surface area contributed by atoms with Crippen LogP contribution in [0.1, 0.15) is 20.3 Å². The predicted octanol–water partition coefficient (Wildman–Crippen LogP) is 5.01. The molecular weight excluding hydrogens is 370 g/mol. The third-order valence-electron chi connectivity index (χ3n) is 3.60. The summed E-state index contributed by atoms with van der Waals surface area (Å²) < 4.78 is 5.78. The van der Waals surface area contributed by atoms with Crippen LogP contribution in [0.5, 0.6) is 0 Å². The number of nitrogens with zero attached hydrogens (tertiary/aromatic N) is 1. The van der Waals surface area contributed by atoms with Gasteiger partial charge in [0.1, 0.15) is 5.52 Å². The maximum atomic E-state index is 11.8. The van der Waals surface area contributed by atoms with Crippen LogP contribution in [-0.2, 0) is 4.79 Å². The first-order chi connectivity index (χ1) is 12.4. The van der Waals surface area contributed by atoms with E-state index < -0.39 is 0 Å². The number of anilines is 1. The Morgan fingerprint density at radius 2 is 2.04 bits per heavy atom. The Hall–Kier alpha value is -2.44. The lowest BCUT2D eigenvalue weighted by Crippen LogP contribution is -2.34. The molecule has 0 aliphatic heterocycles. The van der Waals surface area contributed by atoms with E-state index >= 15 is 0 Å². The molecule has 0 aliphatic carbocycles. The molecule has 1 amide bonds. The van der Waals surface area contributed by atoms with E-state index in [1.54, 1.807) is 12.1 Å². The van der Waals surface area contributed by atoms with E-state index in [4.69, 9.17) is 28.2 Å². The molecule has 2 aromatic carbocycles. The molecule has 0 aliphatic rings. The van der Waals surface area contributed by atoms with Gasteiger partial charge in [0, 0.05) is 12.0 Å². The van der Waals surface area contributed by atoms with Gasteiger partial charge in [0.15, 0.2) is 10.7 Å². The van der Waals surface area contributed by atoms with Crippen molar-refractivity contribution < 1.29 is 9.21 Å². The van der Waals surface area contributed by atoms with E-state index in [0.29, 0.717) is 28.6 Å². The summed E-state index contributed by atoms with van der Waals surface area (Å²) in [6.45, 7) is 3.94. The second kappa shape index (κ2) is 7.85. The highest BCUT2D eigenvalue weighted by Gasteiger charge is 2.12. The van der Waals surface area contributed by atoms with Crippen molar-refractivity contribution in [3.63, 3.8) is 0 Å². The van der Waals surface area contributed by atoms with Gasteiger partial charge >= 0.3 is 0 Å². The van der Waals surface area contributed by atoms with Gasteiger partial charge in [-0.25, -0.2) is 4.98 Å². The molecule has 0 saturated carbocycles. The van der Waals surface area contributed by atoms with Crippen LogP contribution in [-0.4, -0.2) is 16.0 Å². The lowest BCUT2D eigenvalue weighted by Gasteiger charge is -2.12. The van der Waals surface area contributed by atoms with Gasteiger partial charge in [-0.3, -0.25) is 4.79 Å². The first kappa shape index (κ1) is 18.4. The fraction of sp³-hybridized carbons (Fsp3) is 0.211. The van der Waals surface area contributed by atoms with Crippen LogP contribution in [0.15, 0.2) is 46.9 Å². The molecule has 1 heterocycles. The monoisotopic (exact) mass is 387 g/mol. The normalized spacial score (nSPS) is 10.9. The molecule has 3 rings (SSSR count). The smallest absolute Gasteiger partial charge is 0.227 e. The average molecular weight is 388 g/mol. The van der Waals surface area contributed by atoms with Gasteiger partial charge in [-0.15, -0.1) is 0 Å². The van der Waals surface area contributed by atoms with Gasteiger partial charge in [0.25, 0.3) is 0 Å². The quantitative estimate of drug-likeness (QED) is 0.616. The van der Waals surface area contributed by atoms with Crippen molar-refractivity contribution in [3.8, 4) is 11.5 Å². The number of hydrogen-bond acceptors (Lipinski definition) is 4. The minimum Gasteiger partial charge on any atom is -0.436 e. The zero-order valence-corrected chi connectivity index (χ0v) is 15.9. The van der Waals surface area contributed by atoms with Gasteiger partial charge in [-0.1, -0.05) is 37.6 Å². The molecule has 5 nitrogen and oxygen atoms in total. The second-order valence-corrected chi connectivity index (χ2v) is 7.10. The zero-order chi connectivity index (χ0) is 18.7. The topological polar surface area (TPSA) is 67.2 Å². The summed E-state index contributed by atoms with van der Waals surface area (Å²) in [4.78, 5) is 16.3. The molecule has 0 fully saturated rings. The van der Waals surface area contributed by atoms with Gasteiger partial charge in [-0.05, 0) is 48.5 Å². The molecule has 134 valence electrons. The lowest BCUT2D eigenvalue weighted by molar-refractivity contribution is -0.120. The fourth-order valence-corrected chi connectivity index (χ4v) is 2.84. The summed E-state index contributed by atoms with van der Waals surface area (Å²) in [6, 6.07) is 12.9. The Bertz CT molecular complexity index is 935. The number of rotatable bonds is 4. The molecular formula is C19H18ClN3O2S. The Balaban J connectivity index is 1.79. The molecule has 0 saturated heterocycles. The maximum absolute atomic E-state index is 11.8. The largest absolute Gasteiger partial charge is 0.436 e. The van der Waals surface area contributed by atoms with Crippen molar-refractivity contribution in [1.29, 1.82) is 0 Å². The third-order valence-corrected chi connectivity index (χ3v) is 4.14. The molecule has 1 aromatic heterocycles. The summed E-state index contributed by atoms with van der Waals surface area (Å²) in [7, 11) is 0. The summed E-state index contributed by atoms with van der Waals surface area (Å²) in [6.07, 6.45) is 0.401. The molecule has 0 atom stereocenters. The van der Waals surface area contributed by atoms with Crippen LogP contribution >= 0.6 is 23.8 Å². The van der Waals surface area contributed by atoms with Crippen LogP contribution in [0, 0.1) is 5.92 Å². The molecule has 26 heavy (non-hydrogen) atoms. The number of halogens is 1. The number of carbonyl (C=O) groups excluding carboxylic acids is 1. The number of hydrogen-bond donors (Lipinski definition) is 2. The minimum absolute atomic E-state index is 0.135. The second-order valence-electron chi connectivity index (χ2n) is 6.28. The van der Waals surface area contributed by atoms with Crippen molar-refractivity contribution in [1.82, 2.24) is 10.3 Å². The van der Waals surface area contributed by atoms with Crippen LogP contribution < -0.4 is 10.6 Å². The minimum atomic E-state index is -0.135. The number of oxazole rings is 1. The molecule has 0 spiro atoms. The number of amides is 1. The van der Waals surface area contributed by atoms with E-state index in [1.165, 1.54) is 0 Å². The van der Waals surface area contributed by atoms with Gasteiger partial charge in [0.05, 0.1) is 10.7 Å². The van der Waals surface area contributed by atoms with E-state index in [-0.39, 0.29) is 16.9 Å². The number of benzene rings is 2. The first-order valence-electron chi connectivity index (χ1n) is 8.18. The fourth-order valence-electron chi connectivity index (χ4n) is 2.45. The van der Waals surface area contributed by atoms with Crippen LogP contribution in [0.25, 0.3) is 22.6 Å². The van der Waals surface area contributed by atoms with E-state index in [0.717, 1.165) is 11.1 Å². The Kier molecular flexibility index (Phi) is 5.54. The predicted molar refractivity (Wildman–Crippen MR) is 108 cm³/mol. The first-order valence-corrected chi connectivity index (χ1v) is 8.97. The molecule has 3 aromatic rings. The lowest BCUT2D eigenvalue weighted by atomic mass is 10.1. The van der Waals surface area contributed by atoms with Crippen LogP contribution in [0.3, 0.4) is 0 Å². The number of thiocarbonyl (C=S) groups is 1. The molecule has 0 bridgehead atoms. The summed E-state index contributed by atoms with van der Waals surface area (Å²) in [5.41, 5.74) is 2.82. The third kappa shape index (κ3) is 4.39. The number of fused-ring (bicyclic) bond motifs is 1. The van der Waals surface area contributed by atoms with E-state index in [2.05, 4.69) is 15.6 Å². The number of aromatic nitrogens is 1. The van der Waals surface area contributed by atoms with Gasteiger partial charge in [-0.2, -0.15) is 0 Å². The van der Waals surface area contributed by atoms with Gasteiger partial charge < -0.3 is 15.1 Å². The van der Waals surface area contributed by atoms with Crippen molar-refractivity contribution in [2.24, 2.45) is 5.92 Å². The highest BCUT2D eigenvalue weighted by Crippen LogP contribution is 2.30. The standard InChI is InChI=1S/C19H18ClN3O2S/c1-11(2)9-17(24)23-19(26)22-15-10-12(7-8-13(15)20)18-21-14-5-3-4-6-16(14)25-18/h3-8,10-11H,9H2,1-2H3,(H2,22,23,24,26). The average Bonchev–Trinajstić information content (AvgIpc) is 3.00. The Morgan fingerprint density at radius 1 is 1.27 bits per heavy atom. The maximum Gasteiger partial charge on any atom is 0.227 e. The number of carbonyl (C=O) groups is 1. The zero-order valence-electron chi connectivity index (χ0n) is 14.4. The molecule has 0 radical (unpaired) electrons. The van der Waals surface area contributed by atoms with Crippen molar-refractivity contribution in [3.05, 3.63) is 47.5 Å². The summed E-state index contributed by atoms with van der Waals surface area (Å²) >= 11 is 11.4. The van der Waals surface area contributed by atoms with Crippen LogP contribution in [0.4, 0.5) is 5.69 Å². The highest BCUT2D eigenvalue weighted by molar-refractivity contribution is 7.80. The molecule has 7 heteroatoms. The molecule has 2 N–H and O–H groups in total. The molecule has 0 unspecified atom stereocenters. The SMILES string of the molecule is CC(C)CC(=O)NC(=S)Nc1cc(-c2nc3ccccc3o2)ccc1Cl. The Morgan fingerprint density at radius 3 is 2.77 bits per heavy atom. The van der Waals surface area contributed by atoms with Crippen molar-refractivity contribution in [2.45, 2.75) is 20.3 Å². The summed E-state index contributed by atoms with van der Waals surface area (Å²) in [5, 5.41) is 6.29. The van der Waals surface area contributed by atoms with E-state index in [9.17, 15) is 4.79 Å². The van der Waals surface area contributed by atoms with E-state index in [1.807, 2.05) is 44.2 Å². The van der Waals surface area contributed by atoms with Gasteiger partial charge in [0.2, 0.25) is 11.8 Å². The highest BCUT2D eigenvalue weighted by atomic mass is 35.5. The van der Waals surface area contributed by atoms with Crippen molar-refractivity contribution >= 4 is 51.6 Å². The number of para-hydroxylation sites is 2. The Labute approximate surface area is 161 Å². The van der Waals surface area contributed by atoms with Crippen LogP contribution in [0.2, 0.25) is 5.02 Å². The summed E-state index contributed by atoms with van der Waals surface area (Å²) in [5.74, 6) is 0.605.